The van der Waals surface area contributed by atoms with Crippen molar-refractivity contribution >= 4 is 6.09 Å². The molecule has 6 heteroatoms. The van der Waals surface area contributed by atoms with Crippen LogP contribution in [0.25, 0.3) is 0 Å². The van der Waals surface area contributed by atoms with Gasteiger partial charge in [-0.2, -0.15) is 0 Å². The van der Waals surface area contributed by atoms with E-state index in [4.69, 9.17) is 14.2 Å². The minimum atomic E-state index is -0.823. The normalized spacial score (nSPS) is 21.2. The molecule has 140 valence electrons. The first-order valence-corrected chi connectivity index (χ1v) is 8.57. The lowest BCUT2D eigenvalue weighted by Crippen LogP contribution is -2.54. The summed E-state index contributed by atoms with van der Waals surface area (Å²) < 4.78 is 17.2. The van der Waals surface area contributed by atoms with E-state index >= 15 is 0 Å². The third-order valence-electron chi connectivity index (χ3n) is 4.03. The van der Waals surface area contributed by atoms with Crippen LogP contribution < -0.4 is 0 Å². The second-order valence-electron chi connectivity index (χ2n) is 7.69. The summed E-state index contributed by atoms with van der Waals surface area (Å²) >= 11 is 0. The molecule has 1 aliphatic heterocycles. The van der Waals surface area contributed by atoms with E-state index in [1.54, 1.807) is 0 Å². The minimum absolute atomic E-state index is 0.212. The summed E-state index contributed by atoms with van der Waals surface area (Å²) in [5, 5.41) is 9.81. The van der Waals surface area contributed by atoms with E-state index in [9.17, 15) is 9.90 Å². The van der Waals surface area contributed by atoms with Crippen LogP contribution in [0.15, 0.2) is 30.3 Å². The average molecular weight is 351 g/mol. The highest BCUT2D eigenvalue weighted by molar-refractivity contribution is 5.69. The maximum absolute atomic E-state index is 12.7. The number of aliphatic hydroxyl groups excluding tert-OH is 1. The standard InChI is InChI=1S/C19H29NO5/c1-18(2,3)25-17(22)20-15(13-24-19(20,4)5)16(11-21)23-12-14-9-7-6-8-10-14/h6-10,15-16,21H,11-13H2,1-5H3/t15-,16+/m0/s1. The van der Waals surface area contributed by atoms with Crippen molar-refractivity contribution in [2.24, 2.45) is 0 Å². The summed E-state index contributed by atoms with van der Waals surface area (Å²) in [5.41, 5.74) is -0.431. The van der Waals surface area contributed by atoms with Crippen LogP contribution in [-0.4, -0.2) is 52.8 Å². The van der Waals surface area contributed by atoms with Gasteiger partial charge in [-0.05, 0) is 40.2 Å². The third-order valence-corrected chi connectivity index (χ3v) is 4.03. The average Bonchev–Trinajstić information content (AvgIpc) is 2.83. The van der Waals surface area contributed by atoms with Gasteiger partial charge in [0, 0.05) is 0 Å². The predicted octanol–water partition coefficient (Wildman–Crippen LogP) is 2.94. The summed E-state index contributed by atoms with van der Waals surface area (Å²) in [5.74, 6) is 0. The van der Waals surface area contributed by atoms with Crippen molar-refractivity contribution in [2.45, 2.75) is 64.7 Å². The molecule has 6 nitrogen and oxygen atoms in total. The Labute approximate surface area is 149 Å². The number of hydrogen-bond donors (Lipinski definition) is 1. The van der Waals surface area contributed by atoms with Crippen LogP contribution in [0.5, 0.6) is 0 Å². The summed E-state index contributed by atoms with van der Waals surface area (Å²) in [6.07, 6.45) is -1.03. The maximum Gasteiger partial charge on any atom is 0.412 e. The monoisotopic (exact) mass is 351 g/mol. The van der Waals surface area contributed by atoms with Crippen molar-refractivity contribution in [1.82, 2.24) is 4.90 Å². The highest BCUT2D eigenvalue weighted by Gasteiger charge is 2.48. The van der Waals surface area contributed by atoms with E-state index in [0.717, 1.165) is 5.56 Å². The molecule has 0 spiro atoms. The van der Waals surface area contributed by atoms with Gasteiger partial charge in [0.25, 0.3) is 0 Å². The summed E-state index contributed by atoms with van der Waals surface area (Å²) in [6, 6.07) is 9.29. The molecule has 1 N–H and O–H groups in total. The van der Waals surface area contributed by atoms with Crippen molar-refractivity contribution in [2.75, 3.05) is 13.2 Å². The van der Waals surface area contributed by atoms with Crippen LogP contribution in [0.4, 0.5) is 4.79 Å². The van der Waals surface area contributed by atoms with Crippen LogP contribution in [0.2, 0.25) is 0 Å². The van der Waals surface area contributed by atoms with Gasteiger partial charge in [0.1, 0.15) is 17.4 Å². The molecule has 2 atom stereocenters. The lowest BCUT2D eigenvalue weighted by molar-refractivity contribution is -0.0797. The molecule has 2 rings (SSSR count). The zero-order chi connectivity index (χ0) is 18.7. The molecule has 1 fully saturated rings. The first kappa shape index (κ1) is 19.7. The quantitative estimate of drug-likeness (QED) is 0.883. The molecule has 0 unspecified atom stereocenters. The highest BCUT2D eigenvalue weighted by Crippen LogP contribution is 2.32. The number of rotatable bonds is 5. The van der Waals surface area contributed by atoms with Crippen LogP contribution in [0.3, 0.4) is 0 Å². The van der Waals surface area contributed by atoms with Gasteiger partial charge >= 0.3 is 6.09 Å². The molecule has 1 saturated heterocycles. The molecule has 1 aromatic rings. The molecule has 1 amide bonds. The number of ether oxygens (including phenoxy) is 3. The van der Waals surface area contributed by atoms with Gasteiger partial charge in [0.15, 0.2) is 0 Å². The Hall–Kier alpha value is -1.63. The van der Waals surface area contributed by atoms with Gasteiger partial charge in [-0.15, -0.1) is 0 Å². The van der Waals surface area contributed by atoms with Crippen molar-refractivity contribution in [1.29, 1.82) is 0 Å². The number of hydrogen-bond acceptors (Lipinski definition) is 5. The Morgan fingerprint density at radius 3 is 2.56 bits per heavy atom. The van der Waals surface area contributed by atoms with E-state index in [2.05, 4.69) is 0 Å². The van der Waals surface area contributed by atoms with E-state index in [-0.39, 0.29) is 13.2 Å². The lowest BCUT2D eigenvalue weighted by Gasteiger charge is -2.37. The van der Waals surface area contributed by atoms with Gasteiger partial charge in [-0.25, -0.2) is 4.79 Å². The zero-order valence-electron chi connectivity index (χ0n) is 15.7. The molecular weight excluding hydrogens is 322 g/mol. The smallest absolute Gasteiger partial charge is 0.412 e. The number of benzene rings is 1. The predicted molar refractivity (Wildman–Crippen MR) is 94.0 cm³/mol. The topological polar surface area (TPSA) is 68.2 Å². The SMILES string of the molecule is CC(C)(C)OC(=O)N1[C@H]([C@@H](CO)OCc2ccccc2)COC1(C)C. The van der Waals surface area contributed by atoms with Crippen LogP contribution in [0.1, 0.15) is 40.2 Å². The van der Waals surface area contributed by atoms with Crippen molar-refractivity contribution < 1.29 is 24.1 Å². The fourth-order valence-electron chi connectivity index (χ4n) is 2.84. The lowest BCUT2D eigenvalue weighted by atomic mass is 10.1. The Balaban J connectivity index is 2.11. The van der Waals surface area contributed by atoms with Crippen LogP contribution in [-0.2, 0) is 20.8 Å². The van der Waals surface area contributed by atoms with Gasteiger partial charge in [-0.3, -0.25) is 4.90 Å². The number of carbonyl (C=O) groups is 1. The molecule has 1 aliphatic rings. The van der Waals surface area contributed by atoms with Crippen LogP contribution >= 0.6 is 0 Å². The van der Waals surface area contributed by atoms with Crippen molar-refractivity contribution in [3.63, 3.8) is 0 Å². The second kappa shape index (κ2) is 7.72. The van der Waals surface area contributed by atoms with Gasteiger partial charge < -0.3 is 19.3 Å². The largest absolute Gasteiger partial charge is 0.444 e. The summed E-state index contributed by atoms with van der Waals surface area (Å²) in [6.45, 7) is 9.50. The van der Waals surface area contributed by atoms with E-state index < -0.39 is 29.6 Å². The first-order valence-electron chi connectivity index (χ1n) is 8.57. The zero-order valence-corrected chi connectivity index (χ0v) is 15.7. The molecule has 0 bridgehead atoms. The summed E-state index contributed by atoms with van der Waals surface area (Å²) in [7, 11) is 0. The fraction of sp³-hybridized carbons (Fsp3) is 0.632. The molecular formula is C19H29NO5. The Bertz CT molecular complexity index is 567. The fourth-order valence-corrected chi connectivity index (χ4v) is 2.84. The van der Waals surface area contributed by atoms with Gasteiger partial charge in [0.2, 0.25) is 0 Å². The van der Waals surface area contributed by atoms with Crippen molar-refractivity contribution in [3.8, 4) is 0 Å². The van der Waals surface area contributed by atoms with Gasteiger partial charge in [0.05, 0.1) is 25.9 Å². The maximum atomic E-state index is 12.7. The number of nitrogens with zero attached hydrogens (tertiary/aromatic N) is 1. The van der Waals surface area contributed by atoms with Gasteiger partial charge in [-0.1, -0.05) is 30.3 Å². The van der Waals surface area contributed by atoms with Crippen molar-refractivity contribution in [3.05, 3.63) is 35.9 Å². The van der Waals surface area contributed by atoms with E-state index in [0.29, 0.717) is 6.61 Å². The molecule has 1 aromatic carbocycles. The first-order chi connectivity index (χ1) is 11.6. The number of aliphatic hydroxyl groups is 1. The molecule has 0 saturated carbocycles. The highest BCUT2D eigenvalue weighted by atomic mass is 16.6. The molecule has 1 heterocycles. The molecule has 0 aliphatic carbocycles. The summed E-state index contributed by atoms with van der Waals surface area (Å²) in [4.78, 5) is 14.2. The number of amides is 1. The van der Waals surface area contributed by atoms with E-state index in [1.165, 1.54) is 4.90 Å². The van der Waals surface area contributed by atoms with E-state index in [1.807, 2.05) is 65.0 Å². The minimum Gasteiger partial charge on any atom is -0.444 e. The molecule has 0 aromatic heterocycles. The van der Waals surface area contributed by atoms with Crippen LogP contribution in [0, 0.1) is 0 Å². The Kier molecular flexibility index (Phi) is 6.08. The Morgan fingerprint density at radius 1 is 1.36 bits per heavy atom. The molecule has 25 heavy (non-hydrogen) atoms. The third kappa shape index (κ3) is 5.17. The second-order valence-corrected chi connectivity index (χ2v) is 7.69. The number of carbonyl (C=O) groups excluding carboxylic acids is 1. The Morgan fingerprint density at radius 2 is 2.00 bits per heavy atom. The molecule has 0 radical (unpaired) electrons.